The van der Waals surface area contributed by atoms with Crippen molar-refractivity contribution in [1.29, 1.82) is 0 Å². The van der Waals surface area contributed by atoms with E-state index in [4.69, 9.17) is 4.74 Å². The summed E-state index contributed by atoms with van der Waals surface area (Å²) in [7, 11) is 0. The number of ether oxygens (including phenoxy) is 1. The SMILES string of the molecule is O=C(COCc1ccc(F)cc1)NCC#Cc1ccc(CN(CCO)CCc2c[nH]c3ccccc23)cc1. The molecule has 1 aromatic heterocycles. The summed E-state index contributed by atoms with van der Waals surface area (Å²) >= 11 is 0. The fourth-order valence-electron chi connectivity index (χ4n) is 4.16. The molecule has 0 atom stereocenters. The predicted octanol–water partition coefficient (Wildman–Crippen LogP) is 4.03. The van der Waals surface area contributed by atoms with Crippen molar-refractivity contribution in [2.45, 2.75) is 19.6 Å². The Kier molecular flexibility index (Phi) is 10.1. The Morgan fingerprint density at radius 3 is 2.55 bits per heavy atom. The van der Waals surface area contributed by atoms with Gasteiger partial charge in [0.15, 0.2) is 0 Å². The lowest BCUT2D eigenvalue weighted by atomic mass is 10.1. The summed E-state index contributed by atoms with van der Waals surface area (Å²) in [4.78, 5) is 17.5. The van der Waals surface area contributed by atoms with E-state index in [1.165, 1.54) is 23.1 Å². The Labute approximate surface area is 222 Å². The lowest BCUT2D eigenvalue weighted by Crippen LogP contribution is -2.28. The molecule has 0 spiro atoms. The van der Waals surface area contributed by atoms with Crippen LogP contribution in [-0.4, -0.2) is 53.7 Å². The lowest BCUT2D eigenvalue weighted by Gasteiger charge is -2.21. The van der Waals surface area contributed by atoms with Gasteiger partial charge in [0, 0.05) is 42.3 Å². The van der Waals surface area contributed by atoms with E-state index >= 15 is 0 Å². The number of aliphatic hydroxyl groups is 1. The lowest BCUT2D eigenvalue weighted by molar-refractivity contribution is -0.125. The van der Waals surface area contributed by atoms with Crippen molar-refractivity contribution in [3.05, 3.63) is 107 Å². The summed E-state index contributed by atoms with van der Waals surface area (Å²) in [5.41, 5.74) is 5.23. The number of aromatic nitrogens is 1. The number of rotatable bonds is 12. The smallest absolute Gasteiger partial charge is 0.246 e. The number of aliphatic hydroxyl groups excluding tert-OH is 1. The Morgan fingerprint density at radius 2 is 1.76 bits per heavy atom. The highest BCUT2D eigenvalue weighted by Crippen LogP contribution is 2.18. The number of aromatic amines is 1. The normalized spacial score (nSPS) is 10.9. The molecule has 0 fully saturated rings. The van der Waals surface area contributed by atoms with Gasteiger partial charge in [0.2, 0.25) is 5.91 Å². The fraction of sp³-hybridized carbons (Fsp3) is 0.258. The van der Waals surface area contributed by atoms with Crippen LogP contribution in [0.2, 0.25) is 0 Å². The van der Waals surface area contributed by atoms with Crippen LogP contribution in [0.1, 0.15) is 22.3 Å². The summed E-state index contributed by atoms with van der Waals surface area (Å²) in [6, 6.07) is 22.3. The van der Waals surface area contributed by atoms with E-state index in [9.17, 15) is 14.3 Å². The first-order chi connectivity index (χ1) is 18.6. The van der Waals surface area contributed by atoms with E-state index < -0.39 is 0 Å². The molecule has 0 radical (unpaired) electrons. The van der Waals surface area contributed by atoms with Gasteiger partial charge in [-0.25, -0.2) is 4.39 Å². The molecule has 0 bridgehead atoms. The number of carbonyl (C=O) groups is 1. The van der Waals surface area contributed by atoms with E-state index in [1.54, 1.807) is 12.1 Å². The van der Waals surface area contributed by atoms with Gasteiger partial charge in [0.1, 0.15) is 12.4 Å². The number of para-hydroxylation sites is 1. The summed E-state index contributed by atoms with van der Waals surface area (Å²) in [5, 5.41) is 13.5. The average Bonchev–Trinajstić information content (AvgIpc) is 3.35. The largest absolute Gasteiger partial charge is 0.395 e. The molecule has 1 heterocycles. The second-order valence-electron chi connectivity index (χ2n) is 9.00. The highest BCUT2D eigenvalue weighted by atomic mass is 19.1. The molecule has 3 aromatic carbocycles. The van der Waals surface area contributed by atoms with E-state index in [0.717, 1.165) is 41.7 Å². The maximum atomic E-state index is 12.9. The van der Waals surface area contributed by atoms with E-state index in [-0.39, 0.29) is 38.1 Å². The Bertz CT molecular complexity index is 1370. The molecule has 196 valence electrons. The molecular formula is C31H32FN3O3. The molecule has 0 saturated carbocycles. The van der Waals surface area contributed by atoms with Crippen LogP contribution >= 0.6 is 0 Å². The number of nitrogens with zero attached hydrogens (tertiary/aromatic N) is 1. The van der Waals surface area contributed by atoms with Gasteiger partial charge < -0.3 is 20.1 Å². The first-order valence-corrected chi connectivity index (χ1v) is 12.7. The van der Waals surface area contributed by atoms with Crippen LogP contribution in [0.5, 0.6) is 0 Å². The summed E-state index contributed by atoms with van der Waals surface area (Å²) < 4.78 is 18.3. The van der Waals surface area contributed by atoms with Crippen LogP contribution in [0, 0.1) is 17.7 Å². The number of amides is 1. The molecule has 4 aromatic rings. The molecule has 0 aliphatic carbocycles. The average molecular weight is 514 g/mol. The molecule has 0 unspecified atom stereocenters. The van der Waals surface area contributed by atoms with Crippen molar-refractivity contribution in [3.8, 4) is 11.8 Å². The molecule has 0 aliphatic rings. The van der Waals surface area contributed by atoms with Gasteiger partial charge in [0.05, 0.1) is 19.8 Å². The third-order valence-electron chi connectivity index (χ3n) is 6.17. The number of carbonyl (C=O) groups excluding carboxylic acids is 1. The number of hydrogen-bond donors (Lipinski definition) is 3. The number of halogens is 1. The highest BCUT2D eigenvalue weighted by Gasteiger charge is 2.09. The minimum absolute atomic E-state index is 0.0849. The van der Waals surface area contributed by atoms with Crippen molar-refractivity contribution in [2.75, 3.05) is 32.8 Å². The van der Waals surface area contributed by atoms with Gasteiger partial charge in [-0.05, 0) is 53.4 Å². The Balaban J connectivity index is 1.19. The minimum Gasteiger partial charge on any atom is -0.395 e. The molecule has 6 nitrogen and oxygen atoms in total. The van der Waals surface area contributed by atoms with E-state index in [1.807, 2.05) is 30.3 Å². The van der Waals surface area contributed by atoms with Crippen molar-refractivity contribution in [3.63, 3.8) is 0 Å². The number of hydrogen-bond acceptors (Lipinski definition) is 4. The van der Waals surface area contributed by atoms with Crippen LogP contribution in [0.3, 0.4) is 0 Å². The van der Waals surface area contributed by atoms with Crippen molar-refractivity contribution >= 4 is 16.8 Å². The first-order valence-electron chi connectivity index (χ1n) is 12.7. The maximum absolute atomic E-state index is 12.9. The van der Waals surface area contributed by atoms with Gasteiger partial charge in [-0.3, -0.25) is 9.69 Å². The number of fused-ring (bicyclic) bond motifs is 1. The van der Waals surface area contributed by atoms with Gasteiger partial charge in [0.25, 0.3) is 0 Å². The highest BCUT2D eigenvalue weighted by molar-refractivity contribution is 5.83. The molecule has 0 aliphatic heterocycles. The zero-order valence-corrected chi connectivity index (χ0v) is 21.3. The quantitative estimate of drug-likeness (QED) is 0.250. The van der Waals surface area contributed by atoms with E-state index in [2.05, 4.69) is 51.4 Å². The molecule has 1 amide bonds. The van der Waals surface area contributed by atoms with Gasteiger partial charge >= 0.3 is 0 Å². The third-order valence-corrected chi connectivity index (χ3v) is 6.17. The van der Waals surface area contributed by atoms with Crippen LogP contribution in [0.4, 0.5) is 4.39 Å². The topological polar surface area (TPSA) is 77.6 Å². The maximum Gasteiger partial charge on any atom is 0.246 e. The van der Waals surface area contributed by atoms with Crippen molar-refractivity contribution in [2.24, 2.45) is 0 Å². The van der Waals surface area contributed by atoms with Crippen LogP contribution in [0.25, 0.3) is 10.9 Å². The van der Waals surface area contributed by atoms with Crippen molar-refractivity contribution in [1.82, 2.24) is 15.2 Å². The Morgan fingerprint density at radius 1 is 1.00 bits per heavy atom. The Hall–Kier alpha value is -3.96. The first kappa shape index (κ1) is 27.1. The number of nitrogens with one attached hydrogen (secondary N) is 2. The molecular weight excluding hydrogens is 481 g/mol. The van der Waals surface area contributed by atoms with Crippen LogP contribution in [-0.2, 0) is 29.1 Å². The summed E-state index contributed by atoms with van der Waals surface area (Å²) in [5.74, 6) is 5.45. The number of benzene rings is 3. The van der Waals surface area contributed by atoms with Gasteiger partial charge in [-0.15, -0.1) is 0 Å². The zero-order valence-electron chi connectivity index (χ0n) is 21.3. The van der Waals surface area contributed by atoms with Gasteiger partial charge in [-0.2, -0.15) is 0 Å². The van der Waals surface area contributed by atoms with Gasteiger partial charge in [-0.1, -0.05) is 54.3 Å². The predicted molar refractivity (Wildman–Crippen MR) is 147 cm³/mol. The molecule has 7 heteroatoms. The monoisotopic (exact) mass is 513 g/mol. The van der Waals surface area contributed by atoms with Crippen molar-refractivity contribution < 1.29 is 19.0 Å². The standard InChI is InChI=1S/C31H32FN3O3/c32-28-13-11-26(12-14-28)22-38-23-31(37)33-16-3-4-24-7-9-25(10-8-24)21-35(18-19-36)17-15-27-20-34-30-6-2-1-5-29(27)30/h1-2,5-14,20,34,36H,15-19,21-23H2,(H,33,37). The second-order valence-corrected chi connectivity index (χ2v) is 9.00. The third kappa shape index (κ3) is 8.29. The van der Waals surface area contributed by atoms with Crippen LogP contribution < -0.4 is 5.32 Å². The molecule has 0 saturated heterocycles. The zero-order chi connectivity index (χ0) is 26.6. The van der Waals surface area contributed by atoms with Crippen LogP contribution in [0.15, 0.2) is 79.0 Å². The summed E-state index contributed by atoms with van der Waals surface area (Å²) in [6.07, 6.45) is 2.97. The molecule has 4 rings (SSSR count). The fourth-order valence-corrected chi connectivity index (χ4v) is 4.16. The molecule has 38 heavy (non-hydrogen) atoms. The number of H-pyrrole nitrogens is 1. The summed E-state index contributed by atoms with van der Waals surface area (Å²) in [6.45, 7) is 2.68. The second kappa shape index (κ2) is 14.1. The molecule has 3 N–H and O–H groups in total. The van der Waals surface area contributed by atoms with E-state index in [0.29, 0.717) is 6.54 Å². The minimum atomic E-state index is -0.305.